The minimum atomic E-state index is -3.34. The van der Waals surface area contributed by atoms with E-state index in [0.717, 1.165) is 11.3 Å². The molecule has 0 radical (unpaired) electrons. The summed E-state index contributed by atoms with van der Waals surface area (Å²) in [5, 5.41) is 4.34. The number of halogens is 1. The number of benzene rings is 1. The van der Waals surface area contributed by atoms with Crippen LogP contribution in [-0.2, 0) is 16.6 Å². The van der Waals surface area contributed by atoms with E-state index in [2.05, 4.69) is 9.82 Å². The van der Waals surface area contributed by atoms with E-state index < -0.39 is 10.0 Å². The van der Waals surface area contributed by atoms with Crippen molar-refractivity contribution < 1.29 is 12.8 Å². The second-order valence-electron chi connectivity index (χ2n) is 4.84. The van der Waals surface area contributed by atoms with Gasteiger partial charge in [0.05, 0.1) is 29.4 Å². The molecule has 2 rings (SSSR count). The molecule has 0 spiro atoms. The lowest BCUT2D eigenvalue weighted by molar-refractivity contribution is 0.602. The predicted molar refractivity (Wildman–Crippen MR) is 80.3 cm³/mol. The van der Waals surface area contributed by atoms with Crippen molar-refractivity contribution in [1.29, 1.82) is 0 Å². The van der Waals surface area contributed by atoms with Crippen LogP contribution in [0.5, 0.6) is 0 Å². The van der Waals surface area contributed by atoms with Gasteiger partial charge in [0.2, 0.25) is 10.0 Å². The molecule has 0 amide bonds. The molecule has 7 heteroatoms. The van der Waals surface area contributed by atoms with Crippen LogP contribution in [0.4, 0.5) is 10.1 Å². The molecule has 1 heterocycles. The highest BCUT2D eigenvalue weighted by atomic mass is 32.2. The van der Waals surface area contributed by atoms with Gasteiger partial charge in [-0.15, -0.1) is 0 Å². The smallest absolute Gasteiger partial charge is 0.232 e. The number of nitrogens with one attached hydrogen (secondary N) is 1. The first-order valence-electron chi connectivity index (χ1n) is 6.61. The standard InChI is InChI=1S/C14H18FN3O2S/c1-4-21(19,20)17-14-10(2)16-18(11(14)3)9-12-5-7-13(15)8-6-12/h5-8,17H,4,9H2,1-3H3. The Kier molecular flexibility index (Phi) is 4.32. The van der Waals surface area contributed by atoms with Gasteiger partial charge in [-0.25, -0.2) is 12.8 Å². The van der Waals surface area contributed by atoms with E-state index in [1.165, 1.54) is 12.1 Å². The van der Waals surface area contributed by atoms with Gasteiger partial charge in [0.15, 0.2) is 0 Å². The highest BCUT2D eigenvalue weighted by molar-refractivity contribution is 7.92. The average molecular weight is 311 g/mol. The minimum absolute atomic E-state index is 0.00895. The third-order valence-electron chi connectivity index (χ3n) is 3.26. The third kappa shape index (κ3) is 3.60. The number of rotatable bonds is 5. The highest BCUT2D eigenvalue weighted by Gasteiger charge is 2.16. The van der Waals surface area contributed by atoms with Gasteiger partial charge in [0.1, 0.15) is 5.82 Å². The molecule has 1 N–H and O–H groups in total. The van der Waals surface area contributed by atoms with Crippen molar-refractivity contribution in [2.75, 3.05) is 10.5 Å². The van der Waals surface area contributed by atoms with Crippen LogP contribution < -0.4 is 4.72 Å². The number of aryl methyl sites for hydroxylation is 1. The van der Waals surface area contributed by atoms with Crippen LogP contribution in [-0.4, -0.2) is 24.0 Å². The average Bonchev–Trinajstić information content (AvgIpc) is 2.69. The largest absolute Gasteiger partial charge is 0.280 e. The van der Waals surface area contributed by atoms with Crippen molar-refractivity contribution >= 4 is 15.7 Å². The molecule has 0 fully saturated rings. The summed E-state index contributed by atoms with van der Waals surface area (Å²) in [6.45, 7) is 5.59. The fourth-order valence-electron chi connectivity index (χ4n) is 1.99. The maximum atomic E-state index is 12.9. The molecule has 21 heavy (non-hydrogen) atoms. The maximum absolute atomic E-state index is 12.9. The molecule has 5 nitrogen and oxygen atoms in total. The molecule has 0 aliphatic heterocycles. The van der Waals surface area contributed by atoms with Crippen LogP contribution in [0.25, 0.3) is 0 Å². The van der Waals surface area contributed by atoms with E-state index in [1.54, 1.807) is 37.6 Å². The molecule has 1 aromatic carbocycles. The first kappa shape index (κ1) is 15.5. The summed E-state index contributed by atoms with van der Waals surface area (Å²) in [4.78, 5) is 0. The second-order valence-corrected chi connectivity index (χ2v) is 6.85. The first-order chi connectivity index (χ1) is 9.82. The van der Waals surface area contributed by atoms with Crippen LogP contribution in [0.1, 0.15) is 23.9 Å². The molecule has 0 aliphatic rings. The predicted octanol–water partition coefficient (Wildman–Crippen LogP) is 2.45. The van der Waals surface area contributed by atoms with Crippen molar-refractivity contribution in [2.24, 2.45) is 0 Å². The van der Waals surface area contributed by atoms with Gasteiger partial charge >= 0.3 is 0 Å². The summed E-state index contributed by atoms with van der Waals surface area (Å²) in [6.07, 6.45) is 0. The summed E-state index contributed by atoms with van der Waals surface area (Å²) in [5.74, 6) is -0.279. The first-order valence-corrected chi connectivity index (χ1v) is 8.26. The van der Waals surface area contributed by atoms with E-state index in [9.17, 15) is 12.8 Å². The van der Waals surface area contributed by atoms with E-state index in [-0.39, 0.29) is 11.6 Å². The summed E-state index contributed by atoms with van der Waals surface area (Å²) < 4.78 is 40.5. The Balaban J connectivity index is 2.28. The van der Waals surface area contributed by atoms with Crippen molar-refractivity contribution in [1.82, 2.24) is 9.78 Å². The van der Waals surface area contributed by atoms with E-state index in [4.69, 9.17) is 0 Å². The van der Waals surface area contributed by atoms with Gasteiger partial charge in [0.25, 0.3) is 0 Å². The van der Waals surface area contributed by atoms with Gasteiger partial charge < -0.3 is 0 Å². The molecule has 0 saturated heterocycles. The molecule has 114 valence electrons. The molecule has 0 atom stereocenters. The highest BCUT2D eigenvalue weighted by Crippen LogP contribution is 2.21. The zero-order chi connectivity index (χ0) is 15.6. The third-order valence-corrected chi connectivity index (χ3v) is 4.54. The summed E-state index contributed by atoms with van der Waals surface area (Å²) >= 11 is 0. The van der Waals surface area contributed by atoms with Gasteiger partial charge in [0, 0.05) is 0 Å². The molecular formula is C14H18FN3O2S. The Labute approximate surface area is 123 Å². The fourth-order valence-corrected chi connectivity index (χ4v) is 2.74. The number of hydrogen-bond acceptors (Lipinski definition) is 3. The van der Waals surface area contributed by atoms with Crippen LogP contribution in [0.3, 0.4) is 0 Å². The number of aromatic nitrogens is 2. The fraction of sp³-hybridized carbons (Fsp3) is 0.357. The minimum Gasteiger partial charge on any atom is -0.280 e. The lowest BCUT2D eigenvalue weighted by Crippen LogP contribution is -2.15. The van der Waals surface area contributed by atoms with Crippen LogP contribution in [0.15, 0.2) is 24.3 Å². The molecule has 1 aromatic heterocycles. The van der Waals surface area contributed by atoms with Gasteiger partial charge in [-0.3, -0.25) is 9.40 Å². The second kappa shape index (κ2) is 5.85. The summed E-state index contributed by atoms with van der Waals surface area (Å²) in [6, 6.07) is 6.15. The Bertz CT molecular complexity index is 736. The van der Waals surface area contributed by atoms with Crippen molar-refractivity contribution in [3.8, 4) is 0 Å². The van der Waals surface area contributed by atoms with Crippen molar-refractivity contribution in [2.45, 2.75) is 27.3 Å². The lowest BCUT2D eigenvalue weighted by Gasteiger charge is -2.07. The van der Waals surface area contributed by atoms with E-state index in [0.29, 0.717) is 17.9 Å². The molecule has 0 unspecified atom stereocenters. The summed E-state index contributed by atoms with van der Waals surface area (Å²) in [5.41, 5.74) is 2.76. The molecule has 0 saturated carbocycles. The van der Waals surface area contributed by atoms with Gasteiger partial charge in [-0.2, -0.15) is 5.10 Å². The Morgan fingerprint density at radius 3 is 2.43 bits per heavy atom. The summed E-state index contributed by atoms with van der Waals surface area (Å²) in [7, 11) is -3.34. The molecule has 0 bridgehead atoms. The van der Waals surface area contributed by atoms with Crippen molar-refractivity contribution in [3.63, 3.8) is 0 Å². The zero-order valence-electron chi connectivity index (χ0n) is 12.2. The quantitative estimate of drug-likeness (QED) is 0.922. The van der Waals surface area contributed by atoms with E-state index >= 15 is 0 Å². The maximum Gasteiger partial charge on any atom is 0.232 e. The van der Waals surface area contributed by atoms with Crippen LogP contribution in [0.2, 0.25) is 0 Å². The normalized spacial score (nSPS) is 11.6. The van der Waals surface area contributed by atoms with Gasteiger partial charge in [-0.05, 0) is 38.5 Å². The molecule has 2 aromatic rings. The van der Waals surface area contributed by atoms with Gasteiger partial charge in [-0.1, -0.05) is 12.1 Å². The Hall–Kier alpha value is -1.89. The number of anilines is 1. The SMILES string of the molecule is CCS(=O)(=O)Nc1c(C)nn(Cc2ccc(F)cc2)c1C. The Morgan fingerprint density at radius 1 is 1.24 bits per heavy atom. The lowest BCUT2D eigenvalue weighted by atomic mass is 10.2. The van der Waals surface area contributed by atoms with Crippen molar-refractivity contribution in [3.05, 3.63) is 47.0 Å². The Morgan fingerprint density at radius 2 is 1.86 bits per heavy atom. The monoisotopic (exact) mass is 311 g/mol. The van der Waals surface area contributed by atoms with E-state index in [1.807, 2.05) is 0 Å². The zero-order valence-corrected chi connectivity index (χ0v) is 13.0. The van der Waals surface area contributed by atoms with Crippen LogP contribution >= 0.6 is 0 Å². The topological polar surface area (TPSA) is 64.0 Å². The molecular weight excluding hydrogens is 293 g/mol. The van der Waals surface area contributed by atoms with Crippen LogP contribution in [0, 0.1) is 19.7 Å². The number of hydrogen-bond donors (Lipinski definition) is 1. The number of sulfonamides is 1. The molecule has 0 aliphatic carbocycles. The number of nitrogens with zero attached hydrogens (tertiary/aromatic N) is 2.